The Kier molecular flexibility index (Phi) is 4.50. The minimum Gasteiger partial charge on any atom is -0.347 e. The van der Waals surface area contributed by atoms with E-state index in [4.69, 9.17) is 0 Å². The Morgan fingerprint density at radius 1 is 1.65 bits per heavy atom. The first-order valence-corrected chi connectivity index (χ1v) is 7.09. The zero-order valence-electron chi connectivity index (χ0n) is 10.1. The topological polar surface area (TPSA) is 54.0 Å². The van der Waals surface area contributed by atoms with Gasteiger partial charge in [0, 0.05) is 17.5 Å². The monoisotopic (exact) mass is 253 g/mol. The molecule has 1 aliphatic heterocycles. The van der Waals surface area contributed by atoms with Crippen molar-refractivity contribution in [2.75, 3.05) is 13.1 Å². The third-order valence-corrected chi connectivity index (χ3v) is 4.07. The first-order chi connectivity index (χ1) is 8.31. The van der Waals surface area contributed by atoms with Crippen LogP contribution in [0.1, 0.15) is 37.2 Å². The Bertz CT molecular complexity index is 347. The molecule has 1 aromatic rings. The van der Waals surface area contributed by atoms with Crippen LogP contribution in [0.25, 0.3) is 0 Å². The number of nitrogens with zero attached hydrogens (tertiary/aromatic N) is 1. The molecule has 1 aliphatic rings. The molecule has 0 aromatic carbocycles. The van der Waals surface area contributed by atoms with E-state index in [1.807, 2.05) is 5.38 Å². The van der Waals surface area contributed by atoms with Crippen LogP contribution in [0.5, 0.6) is 0 Å². The molecule has 0 saturated carbocycles. The van der Waals surface area contributed by atoms with Crippen LogP contribution in [0, 0.1) is 5.92 Å². The minimum atomic E-state index is 0.0809. The molecule has 2 heterocycles. The molecule has 1 atom stereocenters. The second-order valence-corrected chi connectivity index (χ2v) is 5.29. The highest BCUT2D eigenvalue weighted by Crippen LogP contribution is 2.20. The standard InChI is InChI=1S/C12H19N3OS/c1-2-10(12-14-7-8-17-12)15-11(16)9-3-5-13-6-4-9/h7-10,13H,2-6H2,1H3,(H,15,16). The SMILES string of the molecule is CCC(NC(=O)C1CCNCC1)c1nccs1. The number of carbonyl (C=O) groups is 1. The van der Waals surface area contributed by atoms with E-state index in [2.05, 4.69) is 22.5 Å². The number of aromatic nitrogens is 1. The fraction of sp³-hybridized carbons (Fsp3) is 0.667. The van der Waals surface area contributed by atoms with Gasteiger partial charge in [-0.2, -0.15) is 0 Å². The molecule has 2 N–H and O–H groups in total. The first kappa shape index (κ1) is 12.5. The molecule has 0 aliphatic carbocycles. The van der Waals surface area contributed by atoms with Gasteiger partial charge in [-0.1, -0.05) is 6.92 Å². The van der Waals surface area contributed by atoms with Crippen LogP contribution in [-0.4, -0.2) is 24.0 Å². The summed E-state index contributed by atoms with van der Waals surface area (Å²) < 4.78 is 0. The fourth-order valence-electron chi connectivity index (χ4n) is 2.12. The number of amides is 1. The van der Waals surface area contributed by atoms with Gasteiger partial charge in [0.05, 0.1) is 6.04 Å². The largest absolute Gasteiger partial charge is 0.347 e. The number of thiazole rings is 1. The lowest BCUT2D eigenvalue weighted by molar-refractivity contribution is -0.126. The summed E-state index contributed by atoms with van der Waals surface area (Å²) in [6.45, 7) is 3.98. The third kappa shape index (κ3) is 3.26. The van der Waals surface area contributed by atoms with Crippen molar-refractivity contribution >= 4 is 17.2 Å². The zero-order valence-corrected chi connectivity index (χ0v) is 10.9. The summed E-state index contributed by atoms with van der Waals surface area (Å²) in [5.74, 6) is 0.360. The lowest BCUT2D eigenvalue weighted by Gasteiger charge is -2.24. The predicted octanol–water partition coefficient (Wildman–Crippen LogP) is 1.71. The maximum Gasteiger partial charge on any atom is 0.223 e. The van der Waals surface area contributed by atoms with Gasteiger partial charge in [0.25, 0.3) is 0 Å². The van der Waals surface area contributed by atoms with Crippen molar-refractivity contribution in [3.05, 3.63) is 16.6 Å². The number of rotatable bonds is 4. The van der Waals surface area contributed by atoms with Crippen LogP contribution in [0.2, 0.25) is 0 Å². The molecule has 2 rings (SSSR count). The Balaban J connectivity index is 1.92. The van der Waals surface area contributed by atoms with Crippen LogP contribution < -0.4 is 10.6 Å². The van der Waals surface area contributed by atoms with Gasteiger partial charge in [-0.05, 0) is 32.4 Å². The number of piperidine rings is 1. The molecular weight excluding hydrogens is 234 g/mol. The maximum absolute atomic E-state index is 12.1. The molecular formula is C12H19N3OS. The average molecular weight is 253 g/mol. The Morgan fingerprint density at radius 3 is 3.00 bits per heavy atom. The molecule has 1 saturated heterocycles. The van der Waals surface area contributed by atoms with Crippen LogP contribution in [0.15, 0.2) is 11.6 Å². The highest BCUT2D eigenvalue weighted by Gasteiger charge is 2.23. The van der Waals surface area contributed by atoms with Crippen molar-refractivity contribution in [2.24, 2.45) is 5.92 Å². The first-order valence-electron chi connectivity index (χ1n) is 6.21. The van der Waals surface area contributed by atoms with E-state index in [9.17, 15) is 4.79 Å². The molecule has 1 fully saturated rings. The Labute approximate surface area is 106 Å². The molecule has 94 valence electrons. The molecule has 4 nitrogen and oxygen atoms in total. The van der Waals surface area contributed by atoms with Gasteiger partial charge in [0.1, 0.15) is 5.01 Å². The van der Waals surface area contributed by atoms with E-state index >= 15 is 0 Å². The minimum absolute atomic E-state index is 0.0809. The summed E-state index contributed by atoms with van der Waals surface area (Å²) in [5.41, 5.74) is 0. The van der Waals surface area contributed by atoms with E-state index < -0.39 is 0 Å². The van der Waals surface area contributed by atoms with Crippen LogP contribution in [0.3, 0.4) is 0 Å². The van der Waals surface area contributed by atoms with Crippen LogP contribution >= 0.6 is 11.3 Å². The Hall–Kier alpha value is -0.940. The second kappa shape index (κ2) is 6.12. The van der Waals surface area contributed by atoms with Crippen molar-refractivity contribution in [3.63, 3.8) is 0 Å². The van der Waals surface area contributed by atoms with Gasteiger partial charge in [0.2, 0.25) is 5.91 Å². The lowest BCUT2D eigenvalue weighted by Crippen LogP contribution is -2.39. The summed E-state index contributed by atoms with van der Waals surface area (Å²) >= 11 is 1.61. The lowest BCUT2D eigenvalue weighted by atomic mass is 9.97. The molecule has 5 heteroatoms. The van der Waals surface area contributed by atoms with Gasteiger partial charge in [0.15, 0.2) is 0 Å². The zero-order chi connectivity index (χ0) is 12.1. The summed E-state index contributed by atoms with van der Waals surface area (Å²) in [6, 6.07) is 0.0809. The van der Waals surface area contributed by atoms with E-state index in [0.29, 0.717) is 0 Å². The third-order valence-electron chi connectivity index (χ3n) is 3.18. The van der Waals surface area contributed by atoms with Gasteiger partial charge < -0.3 is 10.6 Å². The van der Waals surface area contributed by atoms with E-state index in [-0.39, 0.29) is 17.9 Å². The van der Waals surface area contributed by atoms with Gasteiger partial charge in [-0.3, -0.25) is 4.79 Å². The van der Waals surface area contributed by atoms with Crippen molar-refractivity contribution < 1.29 is 4.79 Å². The molecule has 17 heavy (non-hydrogen) atoms. The molecule has 1 unspecified atom stereocenters. The van der Waals surface area contributed by atoms with E-state index in [1.165, 1.54) is 0 Å². The molecule has 0 spiro atoms. The van der Waals surface area contributed by atoms with Crippen molar-refractivity contribution in [1.82, 2.24) is 15.6 Å². The molecule has 1 aromatic heterocycles. The summed E-state index contributed by atoms with van der Waals surface area (Å²) in [7, 11) is 0. The number of hydrogen-bond acceptors (Lipinski definition) is 4. The Morgan fingerprint density at radius 2 is 2.41 bits per heavy atom. The van der Waals surface area contributed by atoms with Gasteiger partial charge in [-0.25, -0.2) is 4.98 Å². The van der Waals surface area contributed by atoms with Crippen molar-refractivity contribution in [3.8, 4) is 0 Å². The van der Waals surface area contributed by atoms with E-state index in [0.717, 1.165) is 37.4 Å². The highest BCUT2D eigenvalue weighted by molar-refractivity contribution is 7.09. The molecule has 0 bridgehead atoms. The fourth-order valence-corrected chi connectivity index (χ4v) is 2.89. The average Bonchev–Trinajstić information content (AvgIpc) is 2.90. The molecule has 1 amide bonds. The number of nitrogens with one attached hydrogen (secondary N) is 2. The smallest absolute Gasteiger partial charge is 0.223 e. The summed E-state index contributed by atoms with van der Waals surface area (Å²) in [5, 5.41) is 9.36. The maximum atomic E-state index is 12.1. The van der Waals surface area contributed by atoms with Gasteiger partial charge >= 0.3 is 0 Å². The molecule has 0 radical (unpaired) electrons. The van der Waals surface area contributed by atoms with Crippen molar-refractivity contribution in [1.29, 1.82) is 0 Å². The predicted molar refractivity (Wildman–Crippen MR) is 68.9 cm³/mol. The highest BCUT2D eigenvalue weighted by atomic mass is 32.1. The quantitative estimate of drug-likeness (QED) is 0.859. The number of hydrogen-bond donors (Lipinski definition) is 2. The van der Waals surface area contributed by atoms with Gasteiger partial charge in [-0.15, -0.1) is 11.3 Å². The van der Waals surface area contributed by atoms with E-state index in [1.54, 1.807) is 17.5 Å². The summed E-state index contributed by atoms with van der Waals surface area (Å²) in [6.07, 6.45) is 4.57. The summed E-state index contributed by atoms with van der Waals surface area (Å²) in [4.78, 5) is 16.4. The number of carbonyl (C=O) groups excluding carboxylic acids is 1. The second-order valence-electron chi connectivity index (χ2n) is 4.36. The van der Waals surface area contributed by atoms with Crippen LogP contribution in [0.4, 0.5) is 0 Å². The van der Waals surface area contributed by atoms with Crippen LogP contribution in [-0.2, 0) is 4.79 Å². The normalized spacial score (nSPS) is 18.9. The van der Waals surface area contributed by atoms with Crippen molar-refractivity contribution in [2.45, 2.75) is 32.2 Å².